The van der Waals surface area contributed by atoms with Crippen LogP contribution in [0.3, 0.4) is 0 Å². The van der Waals surface area contributed by atoms with Gasteiger partial charge in [0.05, 0.1) is 5.38 Å². The van der Waals surface area contributed by atoms with Gasteiger partial charge in [0.1, 0.15) is 10.8 Å². The number of rotatable bonds is 1. The maximum atomic E-state index is 9.03. The van der Waals surface area contributed by atoms with Gasteiger partial charge < -0.3 is 5.11 Å². The molecule has 5 heteroatoms. The van der Waals surface area contributed by atoms with Crippen molar-refractivity contribution in [2.75, 3.05) is 0 Å². The summed E-state index contributed by atoms with van der Waals surface area (Å²) in [6, 6.07) is 0. The maximum absolute atomic E-state index is 9.03. The lowest BCUT2D eigenvalue weighted by Crippen LogP contribution is -1.86. The molecule has 0 aliphatic heterocycles. The van der Waals surface area contributed by atoms with Gasteiger partial charge in [0.25, 0.3) is 0 Å². The van der Waals surface area contributed by atoms with Crippen LogP contribution in [0.2, 0.25) is 0 Å². The Hall–Kier alpha value is -1.49. The number of aromatic nitrogens is 3. The maximum Gasteiger partial charge on any atom is 0.222 e. The van der Waals surface area contributed by atoms with Crippen molar-refractivity contribution < 1.29 is 5.11 Å². The highest BCUT2D eigenvalue weighted by atomic mass is 32.1. The molecule has 1 N–H and O–H groups in total. The van der Waals surface area contributed by atoms with Gasteiger partial charge in [0.2, 0.25) is 5.88 Å². The Morgan fingerprint density at radius 2 is 2.00 bits per heavy atom. The number of aromatic hydroxyl groups is 1. The highest BCUT2D eigenvalue weighted by Crippen LogP contribution is 2.24. The number of nitrogens with zero attached hydrogens (tertiary/aromatic N) is 3. The van der Waals surface area contributed by atoms with Crippen LogP contribution in [-0.4, -0.2) is 20.1 Å². The Morgan fingerprint density at radius 1 is 1.31 bits per heavy atom. The zero-order valence-electron chi connectivity index (χ0n) is 6.93. The molecule has 4 nitrogen and oxygen atoms in total. The molecule has 0 bridgehead atoms. The molecule has 66 valence electrons. The van der Waals surface area contributed by atoms with E-state index >= 15 is 0 Å². The van der Waals surface area contributed by atoms with Gasteiger partial charge in [-0.05, 0) is 6.92 Å². The summed E-state index contributed by atoms with van der Waals surface area (Å²) in [5.74, 6) is 0.769. The topological polar surface area (TPSA) is 58.9 Å². The lowest BCUT2D eigenvalue weighted by molar-refractivity contribution is 0.458. The van der Waals surface area contributed by atoms with E-state index in [9.17, 15) is 0 Å². The third-order valence-electron chi connectivity index (χ3n) is 1.52. The lowest BCUT2D eigenvalue weighted by atomic mass is 10.3. The molecule has 0 saturated carbocycles. The SMILES string of the molecule is Cc1ncc(-c2nc(O)cs2)cn1. The number of hydrogen-bond donors (Lipinski definition) is 1. The first-order valence-electron chi connectivity index (χ1n) is 3.69. The lowest BCUT2D eigenvalue weighted by Gasteiger charge is -1.94. The van der Waals surface area contributed by atoms with Crippen LogP contribution in [0.15, 0.2) is 17.8 Å². The van der Waals surface area contributed by atoms with E-state index in [0.29, 0.717) is 0 Å². The van der Waals surface area contributed by atoms with E-state index < -0.39 is 0 Å². The zero-order chi connectivity index (χ0) is 9.26. The third-order valence-corrected chi connectivity index (χ3v) is 2.40. The van der Waals surface area contributed by atoms with E-state index in [4.69, 9.17) is 5.11 Å². The first-order valence-corrected chi connectivity index (χ1v) is 4.57. The quantitative estimate of drug-likeness (QED) is 0.747. The van der Waals surface area contributed by atoms with Crippen molar-refractivity contribution >= 4 is 11.3 Å². The number of aryl methyl sites for hydroxylation is 1. The molecule has 0 saturated heterocycles. The summed E-state index contributed by atoms with van der Waals surface area (Å²) >= 11 is 1.37. The molecule has 2 aromatic heterocycles. The standard InChI is InChI=1S/C8H7N3OS/c1-5-9-2-6(3-10-5)8-11-7(12)4-13-8/h2-4,12H,1H3. The second-order valence-electron chi connectivity index (χ2n) is 2.53. The van der Waals surface area contributed by atoms with Gasteiger partial charge in [-0.15, -0.1) is 11.3 Å². The minimum absolute atomic E-state index is 0.0422. The van der Waals surface area contributed by atoms with Gasteiger partial charge in [0.15, 0.2) is 0 Å². The van der Waals surface area contributed by atoms with Gasteiger partial charge in [-0.3, -0.25) is 0 Å². The smallest absolute Gasteiger partial charge is 0.222 e. The monoisotopic (exact) mass is 193 g/mol. The third kappa shape index (κ3) is 1.65. The van der Waals surface area contributed by atoms with Crippen molar-refractivity contribution in [1.29, 1.82) is 0 Å². The van der Waals surface area contributed by atoms with Crippen molar-refractivity contribution in [1.82, 2.24) is 15.0 Å². The normalized spacial score (nSPS) is 10.2. The Morgan fingerprint density at radius 3 is 2.54 bits per heavy atom. The summed E-state index contributed by atoms with van der Waals surface area (Å²) in [6.45, 7) is 1.82. The molecule has 0 aromatic carbocycles. The van der Waals surface area contributed by atoms with E-state index in [1.807, 2.05) is 6.92 Å². The van der Waals surface area contributed by atoms with Crippen LogP contribution in [-0.2, 0) is 0 Å². The molecule has 0 spiro atoms. The highest BCUT2D eigenvalue weighted by molar-refractivity contribution is 7.13. The minimum atomic E-state index is 0.0422. The van der Waals surface area contributed by atoms with Crippen molar-refractivity contribution in [3.8, 4) is 16.5 Å². The van der Waals surface area contributed by atoms with Crippen molar-refractivity contribution in [3.05, 3.63) is 23.6 Å². The van der Waals surface area contributed by atoms with Crippen molar-refractivity contribution in [3.63, 3.8) is 0 Å². The molecular weight excluding hydrogens is 186 g/mol. The molecule has 0 aliphatic carbocycles. The van der Waals surface area contributed by atoms with Crippen LogP contribution < -0.4 is 0 Å². The largest absolute Gasteiger partial charge is 0.493 e. The molecule has 13 heavy (non-hydrogen) atoms. The molecule has 2 rings (SSSR count). The Bertz CT molecular complexity index is 410. The summed E-state index contributed by atoms with van der Waals surface area (Å²) in [5, 5.41) is 11.3. The molecule has 0 radical (unpaired) electrons. The molecule has 0 atom stereocenters. The van der Waals surface area contributed by atoms with Crippen LogP contribution in [0.1, 0.15) is 5.82 Å². The van der Waals surface area contributed by atoms with Gasteiger partial charge in [0, 0.05) is 18.0 Å². The minimum Gasteiger partial charge on any atom is -0.493 e. The van der Waals surface area contributed by atoms with Crippen LogP contribution in [0.4, 0.5) is 0 Å². The summed E-state index contributed by atoms with van der Waals surface area (Å²) in [7, 11) is 0. The summed E-state index contributed by atoms with van der Waals surface area (Å²) in [5.41, 5.74) is 0.830. The summed E-state index contributed by atoms with van der Waals surface area (Å²) < 4.78 is 0. The van der Waals surface area contributed by atoms with E-state index in [2.05, 4.69) is 15.0 Å². The highest BCUT2D eigenvalue weighted by Gasteiger charge is 2.03. The second-order valence-corrected chi connectivity index (χ2v) is 3.39. The van der Waals surface area contributed by atoms with E-state index in [1.165, 1.54) is 11.3 Å². The van der Waals surface area contributed by atoms with Crippen LogP contribution in [0.25, 0.3) is 10.6 Å². The Labute approximate surface area is 78.9 Å². The van der Waals surface area contributed by atoms with E-state index in [1.54, 1.807) is 17.8 Å². The molecule has 2 aromatic rings. The van der Waals surface area contributed by atoms with Gasteiger partial charge in [-0.1, -0.05) is 0 Å². The van der Waals surface area contributed by atoms with Crippen LogP contribution in [0.5, 0.6) is 5.88 Å². The van der Waals surface area contributed by atoms with Crippen molar-refractivity contribution in [2.24, 2.45) is 0 Å². The first kappa shape index (κ1) is 8.12. The second kappa shape index (κ2) is 3.10. The predicted octanol–water partition coefficient (Wildman–Crippen LogP) is 1.61. The van der Waals surface area contributed by atoms with Crippen LogP contribution in [0, 0.1) is 6.92 Å². The molecular formula is C8H7N3OS. The fourth-order valence-corrected chi connectivity index (χ4v) is 1.56. The summed E-state index contributed by atoms with van der Waals surface area (Å²) in [6.07, 6.45) is 3.39. The fourth-order valence-electron chi connectivity index (χ4n) is 0.901. The molecule has 0 amide bonds. The fraction of sp³-hybridized carbons (Fsp3) is 0.125. The molecule has 2 heterocycles. The average molecular weight is 193 g/mol. The van der Waals surface area contributed by atoms with Crippen LogP contribution >= 0.6 is 11.3 Å². The molecule has 0 aliphatic rings. The zero-order valence-corrected chi connectivity index (χ0v) is 7.75. The average Bonchev–Trinajstić information content (AvgIpc) is 2.53. The van der Waals surface area contributed by atoms with Gasteiger partial charge in [-0.2, -0.15) is 0 Å². The summed E-state index contributed by atoms with van der Waals surface area (Å²) in [4.78, 5) is 12.0. The van der Waals surface area contributed by atoms with E-state index in [0.717, 1.165) is 16.4 Å². The Balaban J connectivity index is 2.41. The van der Waals surface area contributed by atoms with Crippen molar-refractivity contribution in [2.45, 2.75) is 6.92 Å². The molecule has 0 fully saturated rings. The molecule has 0 unspecified atom stereocenters. The number of thiazole rings is 1. The van der Waals surface area contributed by atoms with Gasteiger partial charge >= 0.3 is 0 Å². The predicted molar refractivity (Wildman–Crippen MR) is 49.5 cm³/mol. The van der Waals surface area contributed by atoms with E-state index in [-0.39, 0.29) is 5.88 Å². The first-order chi connectivity index (χ1) is 6.25. The number of hydrogen-bond acceptors (Lipinski definition) is 5. The Kier molecular flexibility index (Phi) is 1.94. The van der Waals surface area contributed by atoms with Gasteiger partial charge in [-0.25, -0.2) is 15.0 Å².